The lowest BCUT2D eigenvalue weighted by molar-refractivity contribution is 0.478. The molecule has 2 unspecified atom stereocenters. The summed E-state index contributed by atoms with van der Waals surface area (Å²) in [4.78, 5) is 0. The van der Waals surface area contributed by atoms with Gasteiger partial charge in [-0.15, -0.1) is 0 Å². The number of benzene rings is 1. The molecule has 0 heterocycles. The zero-order valence-electron chi connectivity index (χ0n) is 11.7. The minimum atomic E-state index is 0.223. The molecular weight excluding hydrogens is 230 g/mol. The predicted molar refractivity (Wildman–Crippen MR) is 81.3 cm³/mol. The molecule has 0 spiro atoms. The second kappa shape index (κ2) is 4.97. The first-order valence-electron chi connectivity index (χ1n) is 7.44. The summed E-state index contributed by atoms with van der Waals surface area (Å²) in [6.45, 7) is 3.23. The highest BCUT2D eigenvalue weighted by Gasteiger charge is 2.43. The van der Waals surface area contributed by atoms with E-state index in [1.807, 2.05) is 0 Å². The maximum atomic E-state index is 5.66. The molecular formula is C18H23N. The van der Waals surface area contributed by atoms with Gasteiger partial charge in [0, 0.05) is 11.3 Å². The zero-order chi connectivity index (χ0) is 13.3. The van der Waals surface area contributed by atoms with Crippen LogP contribution in [0.2, 0.25) is 0 Å². The molecule has 0 fully saturated rings. The number of hydrogen-bond donors (Lipinski definition) is 1. The highest BCUT2D eigenvalue weighted by Crippen LogP contribution is 2.54. The van der Waals surface area contributed by atoms with Gasteiger partial charge >= 0.3 is 0 Å². The Bertz CT molecular complexity index is 526. The van der Waals surface area contributed by atoms with Crippen molar-refractivity contribution in [2.24, 2.45) is 5.73 Å². The van der Waals surface area contributed by atoms with Gasteiger partial charge in [0.1, 0.15) is 0 Å². The lowest BCUT2D eigenvalue weighted by Gasteiger charge is -2.30. The number of fused-ring (bicyclic) bond motifs is 3. The molecule has 100 valence electrons. The molecule has 1 aromatic carbocycles. The average molecular weight is 253 g/mol. The SMILES string of the molecule is CC1(CCCCN)C2=CC=CCC2c2ccccc21. The third kappa shape index (κ3) is 1.97. The van der Waals surface area contributed by atoms with E-state index in [9.17, 15) is 0 Å². The molecule has 1 nitrogen and oxygen atoms in total. The Hall–Kier alpha value is -1.34. The number of unbranched alkanes of at least 4 members (excludes halogenated alkanes) is 1. The van der Waals surface area contributed by atoms with Gasteiger partial charge in [0.15, 0.2) is 0 Å². The van der Waals surface area contributed by atoms with Crippen molar-refractivity contribution >= 4 is 0 Å². The summed E-state index contributed by atoms with van der Waals surface area (Å²) < 4.78 is 0. The highest BCUT2D eigenvalue weighted by atomic mass is 14.5. The standard InChI is InChI=1S/C18H23N/c1-18(12-6-7-13-19)16-10-4-2-8-14(16)15-9-3-5-11-17(15)18/h2-5,8,10-11,15H,6-7,9,12-13,19H2,1H3. The van der Waals surface area contributed by atoms with Gasteiger partial charge in [0.25, 0.3) is 0 Å². The quantitative estimate of drug-likeness (QED) is 0.805. The number of rotatable bonds is 4. The van der Waals surface area contributed by atoms with E-state index in [2.05, 4.69) is 49.4 Å². The normalized spacial score (nSPS) is 27.9. The smallest absolute Gasteiger partial charge is 0.0146 e. The molecule has 0 aliphatic heterocycles. The van der Waals surface area contributed by atoms with Crippen molar-refractivity contribution < 1.29 is 0 Å². The van der Waals surface area contributed by atoms with Gasteiger partial charge in [-0.25, -0.2) is 0 Å². The van der Waals surface area contributed by atoms with Gasteiger partial charge in [-0.2, -0.15) is 0 Å². The Morgan fingerprint density at radius 2 is 2.11 bits per heavy atom. The van der Waals surface area contributed by atoms with Gasteiger partial charge in [-0.1, -0.05) is 61.4 Å². The summed E-state index contributed by atoms with van der Waals surface area (Å²) >= 11 is 0. The largest absolute Gasteiger partial charge is 0.330 e. The van der Waals surface area contributed by atoms with E-state index in [4.69, 9.17) is 5.73 Å². The van der Waals surface area contributed by atoms with E-state index >= 15 is 0 Å². The molecule has 2 atom stereocenters. The molecule has 2 aliphatic carbocycles. The van der Waals surface area contributed by atoms with E-state index < -0.39 is 0 Å². The molecule has 0 saturated carbocycles. The minimum absolute atomic E-state index is 0.223. The molecule has 19 heavy (non-hydrogen) atoms. The fourth-order valence-corrected chi connectivity index (χ4v) is 3.85. The van der Waals surface area contributed by atoms with Crippen LogP contribution in [0.1, 0.15) is 49.7 Å². The van der Waals surface area contributed by atoms with Gasteiger partial charge in [-0.3, -0.25) is 0 Å². The molecule has 2 aliphatic rings. The molecule has 0 amide bonds. The molecule has 0 radical (unpaired) electrons. The topological polar surface area (TPSA) is 26.0 Å². The molecule has 1 aromatic rings. The van der Waals surface area contributed by atoms with Crippen molar-refractivity contribution in [3.63, 3.8) is 0 Å². The first-order valence-corrected chi connectivity index (χ1v) is 7.44. The summed E-state index contributed by atoms with van der Waals surface area (Å²) in [6, 6.07) is 9.02. The summed E-state index contributed by atoms with van der Waals surface area (Å²) in [5, 5.41) is 0. The van der Waals surface area contributed by atoms with Crippen LogP contribution in [0.3, 0.4) is 0 Å². The van der Waals surface area contributed by atoms with E-state index in [1.165, 1.54) is 12.8 Å². The lowest BCUT2D eigenvalue weighted by atomic mass is 9.74. The van der Waals surface area contributed by atoms with Gasteiger partial charge in [-0.05, 0) is 36.9 Å². The molecule has 0 saturated heterocycles. The Morgan fingerprint density at radius 1 is 1.26 bits per heavy atom. The fourth-order valence-electron chi connectivity index (χ4n) is 3.85. The Morgan fingerprint density at radius 3 is 2.95 bits per heavy atom. The maximum Gasteiger partial charge on any atom is 0.0146 e. The second-order valence-corrected chi connectivity index (χ2v) is 6.00. The van der Waals surface area contributed by atoms with Crippen molar-refractivity contribution in [2.45, 2.75) is 43.9 Å². The van der Waals surface area contributed by atoms with Gasteiger partial charge < -0.3 is 5.73 Å². The van der Waals surface area contributed by atoms with Gasteiger partial charge in [0.2, 0.25) is 0 Å². The third-order valence-corrected chi connectivity index (χ3v) is 4.86. The van der Waals surface area contributed by atoms with Crippen LogP contribution in [-0.4, -0.2) is 6.54 Å². The second-order valence-electron chi connectivity index (χ2n) is 6.00. The van der Waals surface area contributed by atoms with Crippen molar-refractivity contribution in [3.8, 4) is 0 Å². The Kier molecular flexibility index (Phi) is 3.32. The average Bonchev–Trinajstić information content (AvgIpc) is 2.71. The maximum absolute atomic E-state index is 5.66. The van der Waals surface area contributed by atoms with Crippen molar-refractivity contribution in [2.75, 3.05) is 6.54 Å². The first kappa shape index (κ1) is 12.7. The monoisotopic (exact) mass is 253 g/mol. The molecule has 2 N–H and O–H groups in total. The number of hydrogen-bond acceptors (Lipinski definition) is 1. The van der Waals surface area contributed by atoms with Crippen LogP contribution in [0.25, 0.3) is 0 Å². The minimum Gasteiger partial charge on any atom is -0.330 e. The van der Waals surface area contributed by atoms with Crippen molar-refractivity contribution in [3.05, 3.63) is 59.2 Å². The van der Waals surface area contributed by atoms with Crippen LogP contribution in [0, 0.1) is 0 Å². The van der Waals surface area contributed by atoms with E-state index in [1.54, 1.807) is 16.7 Å². The van der Waals surface area contributed by atoms with Gasteiger partial charge in [0.05, 0.1) is 0 Å². The van der Waals surface area contributed by atoms with Crippen molar-refractivity contribution in [1.29, 1.82) is 0 Å². The van der Waals surface area contributed by atoms with Crippen LogP contribution in [0.15, 0.2) is 48.1 Å². The highest BCUT2D eigenvalue weighted by molar-refractivity contribution is 5.56. The van der Waals surface area contributed by atoms with Crippen LogP contribution in [0.4, 0.5) is 0 Å². The van der Waals surface area contributed by atoms with Crippen LogP contribution < -0.4 is 5.73 Å². The third-order valence-electron chi connectivity index (χ3n) is 4.86. The van der Waals surface area contributed by atoms with Crippen LogP contribution in [0.5, 0.6) is 0 Å². The Labute approximate surface area is 116 Å². The van der Waals surface area contributed by atoms with Crippen LogP contribution >= 0.6 is 0 Å². The van der Waals surface area contributed by atoms with E-state index in [-0.39, 0.29) is 5.41 Å². The molecule has 1 heteroatoms. The number of allylic oxidation sites excluding steroid dienone is 4. The molecule has 0 aromatic heterocycles. The zero-order valence-corrected chi connectivity index (χ0v) is 11.7. The fraction of sp³-hybridized carbons (Fsp3) is 0.444. The van der Waals surface area contributed by atoms with Crippen molar-refractivity contribution in [1.82, 2.24) is 0 Å². The lowest BCUT2D eigenvalue weighted by Crippen LogP contribution is -2.22. The number of nitrogens with two attached hydrogens (primary N) is 1. The van der Waals surface area contributed by atoms with E-state index in [0.717, 1.165) is 19.4 Å². The van der Waals surface area contributed by atoms with E-state index in [0.29, 0.717) is 5.92 Å². The summed E-state index contributed by atoms with van der Waals surface area (Å²) in [7, 11) is 0. The summed E-state index contributed by atoms with van der Waals surface area (Å²) in [5.41, 5.74) is 10.6. The summed E-state index contributed by atoms with van der Waals surface area (Å²) in [6.07, 6.45) is 11.6. The molecule has 3 rings (SSSR count). The van der Waals surface area contributed by atoms with Crippen LogP contribution in [-0.2, 0) is 5.41 Å². The summed E-state index contributed by atoms with van der Waals surface area (Å²) in [5.74, 6) is 0.615. The predicted octanol–water partition coefficient (Wildman–Crippen LogP) is 4.06. The molecule has 0 bridgehead atoms. The Balaban J connectivity index is 2.01. The first-order chi connectivity index (χ1) is 9.27.